The highest BCUT2D eigenvalue weighted by Crippen LogP contribution is 2.15. The molecule has 0 aliphatic rings. The minimum Gasteiger partial charge on any atom is -0.354 e. The molecule has 4 nitrogen and oxygen atoms in total. The average molecular weight is 395 g/mol. The van der Waals surface area contributed by atoms with Crippen molar-refractivity contribution in [2.24, 2.45) is 5.92 Å². The van der Waals surface area contributed by atoms with Gasteiger partial charge in [0.05, 0.1) is 6.42 Å². The lowest BCUT2D eigenvalue weighted by Crippen LogP contribution is -2.48. The summed E-state index contributed by atoms with van der Waals surface area (Å²) in [7, 11) is 0. The maximum atomic E-state index is 13.3. The van der Waals surface area contributed by atoms with Gasteiger partial charge in [-0.2, -0.15) is 0 Å². The number of hydrogen-bond acceptors (Lipinski definition) is 2. The molecule has 2 rings (SSSR count). The smallest absolute Gasteiger partial charge is 0.242 e. The topological polar surface area (TPSA) is 49.4 Å². The van der Waals surface area contributed by atoms with Crippen LogP contribution in [0.5, 0.6) is 0 Å². The maximum absolute atomic E-state index is 13.3. The summed E-state index contributed by atoms with van der Waals surface area (Å²) in [5.41, 5.74) is 5.43. The fraction of sp³-hybridized carbons (Fsp3) is 0.440. The van der Waals surface area contributed by atoms with E-state index in [1.165, 1.54) is 0 Å². The summed E-state index contributed by atoms with van der Waals surface area (Å²) in [4.78, 5) is 27.7. The van der Waals surface area contributed by atoms with E-state index < -0.39 is 6.04 Å². The van der Waals surface area contributed by atoms with Crippen LogP contribution in [0.3, 0.4) is 0 Å². The van der Waals surface area contributed by atoms with Crippen LogP contribution < -0.4 is 5.32 Å². The molecule has 0 spiro atoms. The lowest BCUT2D eigenvalue weighted by atomic mass is 10.0. The van der Waals surface area contributed by atoms with Crippen molar-refractivity contribution < 1.29 is 9.59 Å². The van der Waals surface area contributed by atoms with Crippen LogP contribution in [0.1, 0.15) is 48.6 Å². The van der Waals surface area contributed by atoms with Crippen LogP contribution in [0.15, 0.2) is 42.5 Å². The van der Waals surface area contributed by atoms with Gasteiger partial charge < -0.3 is 10.2 Å². The summed E-state index contributed by atoms with van der Waals surface area (Å²) in [5, 5.41) is 2.96. The van der Waals surface area contributed by atoms with Gasteiger partial charge in [-0.3, -0.25) is 9.59 Å². The molecule has 0 fully saturated rings. The van der Waals surface area contributed by atoms with E-state index in [1.807, 2.05) is 58.0 Å². The van der Waals surface area contributed by atoms with Crippen LogP contribution in [0, 0.1) is 26.7 Å². The average Bonchev–Trinajstić information content (AvgIpc) is 2.62. The fourth-order valence-corrected chi connectivity index (χ4v) is 3.49. The summed E-state index contributed by atoms with van der Waals surface area (Å²) >= 11 is 0. The van der Waals surface area contributed by atoms with Gasteiger partial charge in [-0.15, -0.1) is 0 Å². The molecule has 0 heterocycles. The zero-order valence-electron chi connectivity index (χ0n) is 18.6. The van der Waals surface area contributed by atoms with Crippen LogP contribution in [0.2, 0.25) is 0 Å². The van der Waals surface area contributed by atoms with Gasteiger partial charge in [0, 0.05) is 13.1 Å². The number of carbonyl (C=O) groups excluding carboxylic acids is 2. The molecule has 0 aliphatic carbocycles. The third-order valence-electron chi connectivity index (χ3n) is 4.92. The van der Waals surface area contributed by atoms with Crippen molar-refractivity contribution >= 4 is 11.8 Å². The fourth-order valence-electron chi connectivity index (χ4n) is 3.49. The van der Waals surface area contributed by atoms with Gasteiger partial charge in [-0.05, 0) is 44.7 Å². The van der Waals surface area contributed by atoms with Gasteiger partial charge in [-0.25, -0.2) is 0 Å². The predicted molar refractivity (Wildman–Crippen MR) is 119 cm³/mol. The molecule has 2 aromatic carbocycles. The van der Waals surface area contributed by atoms with Crippen molar-refractivity contribution in [3.63, 3.8) is 0 Å². The van der Waals surface area contributed by atoms with E-state index in [2.05, 4.69) is 31.3 Å². The van der Waals surface area contributed by atoms with Gasteiger partial charge in [0.15, 0.2) is 0 Å². The third kappa shape index (κ3) is 7.04. The standard InChI is InChI=1S/C25H34N2O2/c1-17(2)15-26-25(29)21(6)27(16-22-9-7-8-18(3)11-22)24(28)14-23-12-19(4)10-20(5)13-23/h7-13,17,21H,14-16H2,1-6H3,(H,26,29)/t21-/m0/s1. The van der Waals surface area contributed by atoms with Crippen LogP contribution in [0.4, 0.5) is 0 Å². The van der Waals surface area contributed by atoms with Crippen LogP contribution >= 0.6 is 0 Å². The third-order valence-corrected chi connectivity index (χ3v) is 4.92. The molecular weight excluding hydrogens is 360 g/mol. The van der Waals surface area contributed by atoms with E-state index in [1.54, 1.807) is 4.90 Å². The van der Waals surface area contributed by atoms with E-state index >= 15 is 0 Å². The van der Waals surface area contributed by atoms with E-state index in [4.69, 9.17) is 0 Å². The van der Waals surface area contributed by atoms with Gasteiger partial charge in [0.25, 0.3) is 0 Å². The summed E-state index contributed by atoms with van der Waals surface area (Å²) in [6.45, 7) is 13.0. The first-order chi connectivity index (χ1) is 13.7. The molecule has 29 heavy (non-hydrogen) atoms. The molecule has 156 valence electrons. The Morgan fingerprint density at radius 2 is 1.52 bits per heavy atom. The van der Waals surface area contributed by atoms with Gasteiger partial charge in [-0.1, -0.05) is 73.0 Å². The largest absolute Gasteiger partial charge is 0.354 e. The number of rotatable bonds is 8. The minimum absolute atomic E-state index is 0.0382. The molecule has 1 atom stereocenters. The Bertz CT molecular complexity index is 837. The normalized spacial score (nSPS) is 12.0. The molecule has 1 N–H and O–H groups in total. The van der Waals surface area contributed by atoms with Crippen molar-refractivity contribution in [2.45, 2.75) is 60.5 Å². The van der Waals surface area contributed by atoms with Crippen molar-refractivity contribution in [3.05, 3.63) is 70.3 Å². The van der Waals surface area contributed by atoms with E-state index in [0.29, 0.717) is 19.0 Å². The Morgan fingerprint density at radius 3 is 2.10 bits per heavy atom. The van der Waals surface area contributed by atoms with E-state index in [0.717, 1.165) is 27.8 Å². The summed E-state index contributed by atoms with van der Waals surface area (Å²) < 4.78 is 0. The molecule has 0 unspecified atom stereocenters. The molecular formula is C25H34N2O2. The molecule has 0 saturated heterocycles. The van der Waals surface area contributed by atoms with E-state index in [-0.39, 0.29) is 18.2 Å². The highest BCUT2D eigenvalue weighted by molar-refractivity contribution is 5.88. The Hall–Kier alpha value is -2.62. The van der Waals surface area contributed by atoms with Crippen molar-refractivity contribution in [2.75, 3.05) is 6.54 Å². The molecule has 0 radical (unpaired) electrons. The number of aryl methyl sites for hydroxylation is 3. The number of nitrogens with one attached hydrogen (secondary N) is 1. The number of benzene rings is 2. The summed E-state index contributed by atoms with van der Waals surface area (Å²) in [5.74, 6) is 0.214. The van der Waals surface area contributed by atoms with Gasteiger partial charge >= 0.3 is 0 Å². The number of amides is 2. The zero-order valence-corrected chi connectivity index (χ0v) is 18.6. The lowest BCUT2D eigenvalue weighted by molar-refractivity contribution is -0.140. The van der Waals surface area contributed by atoms with Gasteiger partial charge in [0.1, 0.15) is 6.04 Å². The molecule has 0 saturated carbocycles. The molecule has 2 aromatic rings. The molecule has 0 aliphatic heterocycles. The second kappa shape index (κ2) is 10.2. The first-order valence-electron chi connectivity index (χ1n) is 10.4. The Balaban J connectivity index is 2.24. The Kier molecular flexibility index (Phi) is 8.00. The summed E-state index contributed by atoms with van der Waals surface area (Å²) in [6.07, 6.45) is 0.288. The number of carbonyl (C=O) groups is 2. The number of nitrogens with zero attached hydrogens (tertiary/aromatic N) is 1. The van der Waals surface area contributed by atoms with Crippen molar-refractivity contribution in [3.8, 4) is 0 Å². The van der Waals surface area contributed by atoms with Crippen LogP contribution in [0.25, 0.3) is 0 Å². The maximum Gasteiger partial charge on any atom is 0.242 e. The molecule has 0 bridgehead atoms. The van der Waals surface area contributed by atoms with Crippen LogP contribution in [-0.4, -0.2) is 29.3 Å². The number of hydrogen-bond donors (Lipinski definition) is 1. The molecule has 4 heteroatoms. The zero-order chi connectivity index (χ0) is 21.6. The predicted octanol–water partition coefficient (Wildman–Crippen LogP) is 4.34. The monoisotopic (exact) mass is 394 g/mol. The Labute approximate surface area is 175 Å². The van der Waals surface area contributed by atoms with Crippen molar-refractivity contribution in [1.29, 1.82) is 0 Å². The highest BCUT2D eigenvalue weighted by Gasteiger charge is 2.26. The SMILES string of the molecule is Cc1cc(C)cc(CC(=O)N(Cc2cccc(C)c2)[C@@H](C)C(=O)NCC(C)C)c1. The second-order valence-electron chi connectivity index (χ2n) is 8.50. The van der Waals surface area contributed by atoms with Crippen molar-refractivity contribution in [1.82, 2.24) is 10.2 Å². The highest BCUT2D eigenvalue weighted by atomic mass is 16.2. The van der Waals surface area contributed by atoms with E-state index in [9.17, 15) is 9.59 Å². The molecule has 2 amide bonds. The summed E-state index contributed by atoms with van der Waals surface area (Å²) in [6, 6.07) is 13.7. The first kappa shape index (κ1) is 22.7. The first-order valence-corrected chi connectivity index (χ1v) is 10.4. The Morgan fingerprint density at radius 1 is 0.897 bits per heavy atom. The van der Waals surface area contributed by atoms with Crippen LogP contribution in [-0.2, 0) is 22.6 Å². The quantitative estimate of drug-likeness (QED) is 0.724. The molecule has 0 aromatic heterocycles. The lowest BCUT2D eigenvalue weighted by Gasteiger charge is -2.29. The second-order valence-corrected chi connectivity index (χ2v) is 8.50. The minimum atomic E-state index is -0.535. The van der Waals surface area contributed by atoms with Gasteiger partial charge in [0.2, 0.25) is 11.8 Å².